The van der Waals surface area contributed by atoms with Crippen LogP contribution in [-0.4, -0.2) is 62.4 Å². The van der Waals surface area contributed by atoms with Crippen molar-refractivity contribution in [1.29, 1.82) is 0 Å². The molecule has 1 heterocycles. The number of alkyl halides is 4. The highest BCUT2D eigenvalue weighted by Crippen LogP contribution is 2.22. The Morgan fingerprint density at radius 2 is 1.94 bits per heavy atom. The van der Waals surface area contributed by atoms with Crippen LogP contribution in [0.3, 0.4) is 0 Å². The predicted octanol–water partition coefficient (Wildman–Crippen LogP) is 0.298. The van der Waals surface area contributed by atoms with Crippen LogP contribution in [0.2, 0.25) is 0 Å². The summed E-state index contributed by atoms with van der Waals surface area (Å²) in [6, 6.07) is 0. The Bertz CT molecular complexity index is 270. The van der Waals surface area contributed by atoms with Crippen molar-refractivity contribution >= 4 is 5.91 Å². The van der Waals surface area contributed by atoms with Gasteiger partial charge in [-0.3, -0.25) is 4.79 Å². The minimum atomic E-state index is -4.60. The minimum absolute atomic E-state index is 0.0227. The van der Waals surface area contributed by atoms with E-state index in [1.54, 1.807) is 0 Å². The number of nitrogens with one attached hydrogen (secondary N) is 2. The van der Waals surface area contributed by atoms with Crippen molar-refractivity contribution in [2.24, 2.45) is 0 Å². The van der Waals surface area contributed by atoms with Gasteiger partial charge < -0.3 is 15.5 Å². The molecule has 1 amide bonds. The summed E-state index contributed by atoms with van der Waals surface area (Å²) in [7, 11) is 0. The summed E-state index contributed by atoms with van der Waals surface area (Å²) in [5.74, 6) is -6.51. The van der Waals surface area contributed by atoms with Gasteiger partial charge in [-0.25, -0.2) is 8.78 Å². The number of amides is 1. The van der Waals surface area contributed by atoms with Crippen LogP contribution < -0.4 is 10.6 Å². The minimum Gasteiger partial charge on any atom is -0.351 e. The fourth-order valence-electron chi connectivity index (χ4n) is 1.66. The first kappa shape index (κ1) is 15.2. The zero-order chi connectivity index (χ0) is 13.6. The maximum atomic E-state index is 12.5. The van der Waals surface area contributed by atoms with E-state index in [1.165, 1.54) is 0 Å². The molecule has 18 heavy (non-hydrogen) atoms. The highest BCUT2D eigenvalue weighted by molar-refractivity contribution is 5.83. The standard InChI is InChI=1S/C10H17F4N3O/c11-8(12)10(13,14)9(18)16-2-1-5-17-6-3-15-4-7-17/h8,15H,1-7H2,(H,16,18). The van der Waals surface area contributed by atoms with Crippen molar-refractivity contribution in [2.75, 3.05) is 39.3 Å². The lowest BCUT2D eigenvalue weighted by Gasteiger charge is -2.27. The second-order valence-corrected chi connectivity index (χ2v) is 4.12. The Labute approximate surface area is 103 Å². The Morgan fingerprint density at radius 3 is 2.50 bits per heavy atom. The van der Waals surface area contributed by atoms with E-state index in [-0.39, 0.29) is 6.54 Å². The number of rotatable bonds is 6. The number of hydrogen-bond donors (Lipinski definition) is 2. The van der Waals surface area contributed by atoms with Crippen molar-refractivity contribution in [3.8, 4) is 0 Å². The van der Waals surface area contributed by atoms with Gasteiger partial charge in [0.1, 0.15) is 0 Å². The summed E-state index contributed by atoms with van der Waals surface area (Å²) in [5, 5.41) is 4.99. The number of nitrogens with zero attached hydrogens (tertiary/aromatic N) is 1. The van der Waals surface area contributed by atoms with Gasteiger partial charge in [-0.05, 0) is 13.0 Å². The van der Waals surface area contributed by atoms with Gasteiger partial charge in [0.2, 0.25) is 0 Å². The second kappa shape index (κ2) is 6.89. The van der Waals surface area contributed by atoms with E-state index < -0.39 is 18.3 Å². The largest absolute Gasteiger partial charge is 0.383 e. The monoisotopic (exact) mass is 271 g/mol. The van der Waals surface area contributed by atoms with Crippen LogP contribution in [0.4, 0.5) is 17.6 Å². The van der Waals surface area contributed by atoms with Crippen LogP contribution in [-0.2, 0) is 4.79 Å². The first-order chi connectivity index (χ1) is 8.44. The molecule has 0 saturated carbocycles. The lowest BCUT2D eigenvalue weighted by Crippen LogP contribution is -2.47. The third-order valence-electron chi connectivity index (χ3n) is 2.72. The molecule has 0 unspecified atom stereocenters. The molecule has 0 aromatic carbocycles. The fourth-order valence-corrected chi connectivity index (χ4v) is 1.66. The van der Waals surface area contributed by atoms with Crippen LogP contribution in [0.15, 0.2) is 0 Å². The zero-order valence-corrected chi connectivity index (χ0v) is 9.89. The van der Waals surface area contributed by atoms with E-state index in [1.807, 2.05) is 5.32 Å². The summed E-state index contributed by atoms with van der Waals surface area (Å²) < 4.78 is 48.8. The summed E-state index contributed by atoms with van der Waals surface area (Å²) in [5.41, 5.74) is 0. The topological polar surface area (TPSA) is 44.4 Å². The normalized spacial score (nSPS) is 18.1. The number of carbonyl (C=O) groups excluding carboxylic acids is 1. The average molecular weight is 271 g/mol. The zero-order valence-electron chi connectivity index (χ0n) is 9.89. The van der Waals surface area contributed by atoms with Crippen molar-refractivity contribution in [3.63, 3.8) is 0 Å². The molecular formula is C10H17F4N3O. The van der Waals surface area contributed by atoms with Crippen LogP contribution in [0.25, 0.3) is 0 Å². The van der Waals surface area contributed by atoms with Gasteiger partial charge in [0.15, 0.2) is 0 Å². The van der Waals surface area contributed by atoms with E-state index in [9.17, 15) is 22.4 Å². The molecule has 1 aliphatic rings. The molecule has 2 N–H and O–H groups in total. The van der Waals surface area contributed by atoms with E-state index >= 15 is 0 Å². The molecular weight excluding hydrogens is 254 g/mol. The van der Waals surface area contributed by atoms with Gasteiger partial charge in [0.05, 0.1) is 0 Å². The van der Waals surface area contributed by atoms with Crippen LogP contribution in [0.1, 0.15) is 6.42 Å². The Morgan fingerprint density at radius 1 is 1.33 bits per heavy atom. The fraction of sp³-hybridized carbons (Fsp3) is 0.900. The lowest BCUT2D eigenvalue weighted by molar-refractivity contribution is -0.169. The summed E-state index contributed by atoms with van der Waals surface area (Å²) >= 11 is 0. The lowest BCUT2D eigenvalue weighted by atomic mass is 10.3. The number of halogens is 4. The third-order valence-corrected chi connectivity index (χ3v) is 2.72. The molecule has 0 atom stereocenters. The molecule has 0 aromatic rings. The Hall–Kier alpha value is -0.890. The SMILES string of the molecule is O=C(NCCCN1CCNCC1)C(F)(F)C(F)F. The quantitative estimate of drug-likeness (QED) is 0.539. The van der Waals surface area contributed by atoms with Gasteiger partial charge in [0.25, 0.3) is 5.91 Å². The molecule has 1 fully saturated rings. The van der Waals surface area contributed by atoms with E-state index in [4.69, 9.17) is 0 Å². The maximum absolute atomic E-state index is 12.5. The number of hydrogen-bond acceptors (Lipinski definition) is 3. The Kier molecular flexibility index (Phi) is 5.80. The van der Waals surface area contributed by atoms with Crippen LogP contribution in [0.5, 0.6) is 0 Å². The number of piperazine rings is 1. The number of carbonyl (C=O) groups is 1. The van der Waals surface area contributed by atoms with Crippen molar-refractivity contribution < 1.29 is 22.4 Å². The third kappa shape index (κ3) is 4.41. The van der Waals surface area contributed by atoms with Crippen molar-refractivity contribution in [1.82, 2.24) is 15.5 Å². The molecule has 0 bridgehead atoms. The molecule has 0 aromatic heterocycles. The highest BCUT2D eigenvalue weighted by Gasteiger charge is 2.48. The highest BCUT2D eigenvalue weighted by atomic mass is 19.3. The van der Waals surface area contributed by atoms with Gasteiger partial charge >= 0.3 is 12.3 Å². The van der Waals surface area contributed by atoms with Crippen LogP contribution >= 0.6 is 0 Å². The molecule has 0 spiro atoms. The molecule has 8 heteroatoms. The van der Waals surface area contributed by atoms with E-state index in [0.717, 1.165) is 26.2 Å². The summed E-state index contributed by atoms with van der Waals surface area (Å²) in [6.07, 6.45) is -3.50. The molecule has 4 nitrogen and oxygen atoms in total. The first-order valence-corrected chi connectivity index (χ1v) is 5.82. The smallest absolute Gasteiger partial charge is 0.351 e. The van der Waals surface area contributed by atoms with Gasteiger partial charge in [-0.2, -0.15) is 8.78 Å². The molecule has 1 saturated heterocycles. The van der Waals surface area contributed by atoms with E-state index in [0.29, 0.717) is 13.0 Å². The second-order valence-electron chi connectivity index (χ2n) is 4.12. The van der Waals surface area contributed by atoms with Gasteiger partial charge in [0, 0.05) is 32.7 Å². The van der Waals surface area contributed by atoms with E-state index in [2.05, 4.69) is 10.2 Å². The van der Waals surface area contributed by atoms with Crippen molar-refractivity contribution in [2.45, 2.75) is 18.8 Å². The molecule has 0 aliphatic carbocycles. The molecule has 1 aliphatic heterocycles. The summed E-state index contributed by atoms with van der Waals surface area (Å²) in [6.45, 7) is 4.10. The van der Waals surface area contributed by atoms with Crippen LogP contribution in [0, 0.1) is 0 Å². The van der Waals surface area contributed by atoms with Crippen molar-refractivity contribution in [3.05, 3.63) is 0 Å². The summed E-state index contributed by atoms with van der Waals surface area (Å²) in [4.78, 5) is 12.9. The maximum Gasteiger partial charge on any atom is 0.383 e. The average Bonchev–Trinajstić information content (AvgIpc) is 2.35. The van der Waals surface area contributed by atoms with Gasteiger partial charge in [-0.15, -0.1) is 0 Å². The van der Waals surface area contributed by atoms with Gasteiger partial charge in [-0.1, -0.05) is 0 Å². The molecule has 1 rings (SSSR count). The predicted molar refractivity (Wildman–Crippen MR) is 57.9 cm³/mol. The first-order valence-electron chi connectivity index (χ1n) is 5.82. The molecule has 106 valence electrons. The Balaban J connectivity index is 2.15. The molecule has 0 radical (unpaired) electrons.